The highest BCUT2D eigenvalue weighted by atomic mass is 35.5. The fourth-order valence-electron chi connectivity index (χ4n) is 2.38. The van der Waals surface area contributed by atoms with Crippen molar-refractivity contribution in [2.24, 2.45) is 0 Å². The third kappa shape index (κ3) is 3.28. The van der Waals surface area contributed by atoms with Crippen LogP contribution >= 0.6 is 11.6 Å². The van der Waals surface area contributed by atoms with Crippen molar-refractivity contribution in [1.82, 2.24) is 14.8 Å². The van der Waals surface area contributed by atoms with E-state index in [0.29, 0.717) is 22.8 Å². The fourth-order valence-corrected chi connectivity index (χ4v) is 2.61. The Labute approximate surface area is 143 Å². The second-order valence-electron chi connectivity index (χ2n) is 5.26. The van der Waals surface area contributed by atoms with Crippen LogP contribution < -0.4 is 10.9 Å². The standard InChI is InChI=1S/C17H15ClN4O2/c1-2-8-22-15(23)6-5-13(21-22)17(24)20-14-10-12(18)9-11-4-3-7-19-16(11)14/h3-7,9-10H,2,8H2,1H3,(H,20,24). The molecular formula is C17H15ClN4O2. The van der Waals surface area contributed by atoms with E-state index in [-0.39, 0.29) is 11.3 Å². The second kappa shape index (κ2) is 6.80. The van der Waals surface area contributed by atoms with Gasteiger partial charge in [-0.15, -0.1) is 0 Å². The van der Waals surface area contributed by atoms with E-state index in [1.54, 1.807) is 24.4 Å². The Hall–Kier alpha value is -2.73. The molecule has 1 aromatic carbocycles. The van der Waals surface area contributed by atoms with Crippen LogP contribution in [0, 0.1) is 0 Å². The van der Waals surface area contributed by atoms with Crippen molar-refractivity contribution in [1.29, 1.82) is 0 Å². The van der Waals surface area contributed by atoms with Crippen molar-refractivity contribution >= 4 is 34.1 Å². The lowest BCUT2D eigenvalue weighted by Gasteiger charge is -2.09. The first kappa shape index (κ1) is 16.1. The van der Waals surface area contributed by atoms with E-state index in [1.807, 2.05) is 13.0 Å². The summed E-state index contributed by atoms with van der Waals surface area (Å²) in [6.07, 6.45) is 2.40. The lowest BCUT2D eigenvalue weighted by atomic mass is 10.2. The second-order valence-corrected chi connectivity index (χ2v) is 5.70. The summed E-state index contributed by atoms with van der Waals surface area (Å²) in [5.41, 5.74) is 1.06. The molecule has 3 rings (SSSR count). The van der Waals surface area contributed by atoms with Gasteiger partial charge in [-0.05, 0) is 30.7 Å². The molecule has 7 heteroatoms. The number of aromatic nitrogens is 3. The van der Waals surface area contributed by atoms with Crippen molar-refractivity contribution in [3.63, 3.8) is 0 Å². The van der Waals surface area contributed by atoms with Gasteiger partial charge in [-0.1, -0.05) is 24.6 Å². The smallest absolute Gasteiger partial charge is 0.276 e. The molecule has 122 valence electrons. The van der Waals surface area contributed by atoms with Gasteiger partial charge in [-0.3, -0.25) is 14.6 Å². The largest absolute Gasteiger partial charge is 0.319 e. The topological polar surface area (TPSA) is 76.9 Å². The zero-order valence-corrected chi connectivity index (χ0v) is 13.7. The van der Waals surface area contributed by atoms with Gasteiger partial charge in [0.1, 0.15) is 5.69 Å². The number of aryl methyl sites for hydroxylation is 1. The SMILES string of the molecule is CCCn1nc(C(=O)Nc2cc(Cl)cc3cccnc23)ccc1=O. The minimum atomic E-state index is -0.422. The third-order valence-corrected chi connectivity index (χ3v) is 3.67. The Kier molecular flexibility index (Phi) is 4.57. The summed E-state index contributed by atoms with van der Waals surface area (Å²) < 4.78 is 1.28. The van der Waals surface area contributed by atoms with Crippen LogP contribution in [0.2, 0.25) is 5.02 Å². The van der Waals surface area contributed by atoms with Gasteiger partial charge in [0.25, 0.3) is 11.5 Å². The van der Waals surface area contributed by atoms with Gasteiger partial charge in [-0.25, -0.2) is 4.68 Å². The van der Waals surface area contributed by atoms with E-state index in [4.69, 9.17) is 11.6 Å². The molecule has 6 nitrogen and oxygen atoms in total. The summed E-state index contributed by atoms with van der Waals surface area (Å²) in [5, 5.41) is 8.18. The van der Waals surface area contributed by atoms with Crippen LogP contribution in [0.1, 0.15) is 23.8 Å². The summed E-state index contributed by atoms with van der Waals surface area (Å²) in [4.78, 5) is 28.5. The van der Waals surface area contributed by atoms with E-state index < -0.39 is 5.91 Å². The number of anilines is 1. The van der Waals surface area contributed by atoms with Crippen molar-refractivity contribution in [2.45, 2.75) is 19.9 Å². The van der Waals surface area contributed by atoms with Crippen molar-refractivity contribution in [2.75, 3.05) is 5.32 Å². The van der Waals surface area contributed by atoms with Crippen molar-refractivity contribution < 1.29 is 4.79 Å². The Bertz CT molecular complexity index is 968. The maximum atomic E-state index is 12.5. The van der Waals surface area contributed by atoms with Crippen LogP contribution in [0.5, 0.6) is 0 Å². The zero-order valence-electron chi connectivity index (χ0n) is 13.0. The highest BCUT2D eigenvalue weighted by Gasteiger charge is 2.13. The summed E-state index contributed by atoms with van der Waals surface area (Å²) in [7, 11) is 0. The van der Waals surface area contributed by atoms with E-state index in [1.165, 1.54) is 16.8 Å². The molecule has 0 aliphatic heterocycles. The van der Waals surface area contributed by atoms with Gasteiger partial charge in [0.05, 0.1) is 11.2 Å². The number of nitrogens with zero attached hydrogens (tertiary/aromatic N) is 3. The molecule has 0 aliphatic carbocycles. The van der Waals surface area contributed by atoms with Crippen molar-refractivity contribution in [3.8, 4) is 0 Å². The van der Waals surface area contributed by atoms with Gasteiger partial charge in [0.2, 0.25) is 0 Å². The molecule has 24 heavy (non-hydrogen) atoms. The quantitative estimate of drug-likeness (QED) is 0.790. The van der Waals surface area contributed by atoms with E-state index in [0.717, 1.165) is 11.8 Å². The van der Waals surface area contributed by atoms with Gasteiger partial charge < -0.3 is 5.32 Å². The third-order valence-electron chi connectivity index (χ3n) is 3.45. The lowest BCUT2D eigenvalue weighted by molar-refractivity contribution is 0.102. The molecule has 0 spiro atoms. The van der Waals surface area contributed by atoms with Crippen LogP contribution in [0.25, 0.3) is 10.9 Å². The summed E-state index contributed by atoms with van der Waals surface area (Å²) in [5.74, 6) is -0.422. The monoisotopic (exact) mass is 342 g/mol. The predicted octanol–water partition coefficient (Wildman–Crippen LogP) is 3.11. The molecule has 0 unspecified atom stereocenters. The number of fused-ring (bicyclic) bond motifs is 1. The molecule has 0 atom stereocenters. The van der Waals surface area contributed by atoms with E-state index >= 15 is 0 Å². The van der Waals surface area contributed by atoms with Gasteiger partial charge in [-0.2, -0.15) is 5.10 Å². The Morgan fingerprint density at radius 1 is 1.29 bits per heavy atom. The minimum absolute atomic E-state index is 0.159. The van der Waals surface area contributed by atoms with Gasteiger partial charge >= 0.3 is 0 Å². The number of pyridine rings is 1. The maximum Gasteiger partial charge on any atom is 0.276 e. The number of hydrogen-bond donors (Lipinski definition) is 1. The van der Waals surface area contributed by atoms with E-state index in [9.17, 15) is 9.59 Å². The van der Waals surface area contributed by atoms with Crippen LogP contribution in [-0.4, -0.2) is 20.7 Å². The van der Waals surface area contributed by atoms with E-state index in [2.05, 4.69) is 15.4 Å². The molecule has 0 aliphatic rings. The normalized spacial score (nSPS) is 10.8. The molecule has 1 amide bonds. The predicted molar refractivity (Wildman–Crippen MR) is 93.5 cm³/mol. The first-order chi connectivity index (χ1) is 11.6. The minimum Gasteiger partial charge on any atom is -0.319 e. The Morgan fingerprint density at radius 3 is 2.92 bits per heavy atom. The maximum absolute atomic E-state index is 12.5. The molecule has 0 radical (unpaired) electrons. The Balaban J connectivity index is 1.96. The first-order valence-corrected chi connectivity index (χ1v) is 7.90. The van der Waals surface area contributed by atoms with Crippen molar-refractivity contribution in [3.05, 3.63) is 63.7 Å². The molecule has 0 bridgehead atoms. The van der Waals surface area contributed by atoms with Crippen LogP contribution in [-0.2, 0) is 6.54 Å². The number of carbonyl (C=O) groups is 1. The number of rotatable bonds is 4. The van der Waals surface area contributed by atoms with Crippen LogP contribution in [0.4, 0.5) is 5.69 Å². The molecule has 0 saturated carbocycles. The van der Waals surface area contributed by atoms with Gasteiger partial charge in [0, 0.05) is 29.2 Å². The average molecular weight is 343 g/mol. The summed E-state index contributed by atoms with van der Waals surface area (Å²) in [6.45, 7) is 2.40. The Morgan fingerprint density at radius 2 is 2.12 bits per heavy atom. The summed E-state index contributed by atoms with van der Waals surface area (Å²) in [6, 6.07) is 9.82. The average Bonchev–Trinajstić information content (AvgIpc) is 2.57. The molecular weight excluding hydrogens is 328 g/mol. The molecule has 2 heterocycles. The highest BCUT2D eigenvalue weighted by molar-refractivity contribution is 6.32. The molecule has 2 aromatic heterocycles. The first-order valence-electron chi connectivity index (χ1n) is 7.52. The van der Waals surface area contributed by atoms with Gasteiger partial charge in [0.15, 0.2) is 0 Å². The molecule has 0 saturated heterocycles. The van der Waals surface area contributed by atoms with Crippen LogP contribution in [0.15, 0.2) is 47.4 Å². The molecule has 3 aromatic rings. The number of benzene rings is 1. The number of amides is 1. The number of hydrogen-bond acceptors (Lipinski definition) is 4. The lowest BCUT2D eigenvalue weighted by Crippen LogP contribution is -2.26. The van der Waals surface area contributed by atoms with Crippen LogP contribution in [0.3, 0.4) is 0 Å². The molecule has 1 N–H and O–H groups in total. The number of nitrogens with one attached hydrogen (secondary N) is 1. The zero-order chi connectivity index (χ0) is 17.1. The highest BCUT2D eigenvalue weighted by Crippen LogP contribution is 2.26. The summed E-state index contributed by atoms with van der Waals surface area (Å²) >= 11 is 6.10. The number of halogens is 1. The molecule has 0 fully saturated rings. The fraction of sp³-hybridized carbons (Fsp3) is 0.176. The number of carbonyl (C=O) groups excluding carboxylic acids is 1.